The summed E-state index contributed by atoms with van der Waals surface area (Å²) in [5.41, 5.74) is 0. The molecular weight excluding hydrogens is 116 g/mol. The second kappa shape index (κ2) is 2.70. The maximum Gasteiger partial charge on any atom is 0.422 e. The lowest BCUT2D eigenvalue weighted by Gasteiger charge is -2.05. The van der Waals surface area contributed by atoms with Gasteiger partial charge in [0.15, 0.2) is 0 Å². The third-order valence-electron chi connectivity index (χ3n) is 0.398. The Bertz CT molecular complexity index is 76.1. The zero-order valence-electron chi connectivity index (χ0n) is 3.53. The maximum absolute atomic E-state index is 9.68. The molecule has 0 aliphatic heterocycles. The monoisotopic (exact) mass is 122 g/mol. The molecule has 0 bridgehead atoms. The van der Waals surface area contributed by atoms with Crippen LogP contribution in [-0.4, -0.2) is 22.1 Å². The topological polar surface area (TPSA) is 66.6 Å². The van der Waals surface area contributed by atoms with Crippen LogP contribution in [0.15, 0.2) is 0 Å². The summed E-state index contributed by atoms with van der Waals surface area (Å²) in [6.45, 7) is 0. The first kappa shape index (κ1) is 6.58. The fraction of sp³-hybridized carbons (Fsp3) is 0.500. The van der Waals surface area contributed by atoms with Gasteiger partial charge in [0.05, 0.1) is 5.88 Å². The van der Waals surface area contributed by atoms with Gasteiger partial charge in [0.25, 0.3) is 0 Å². The molecule has 0 aliphatic carbocycles. The lowest BCUT2D eigenvalue weighted by molar-refractivity contribution is 0.154. The zero-order valence-corrected chi connectivity index (χ0v) is 4.43. The molecular formula is C2H6N2O2S. The molecule has 0 aromatic carbocycles. The summed E-state index contributed by atoms with van der Waals surface area (Å²) >= 11 is 3.57. The van der Waals surface area contributed by atoms with Gasteiger partial charge in [-0.2, -0.15) is 12.6 Å². The number of amides is 1. The second-order valence-corrected chi connectivity index (χ2v) is 1.18. The van der Waals surface area contributed by atoms with Crippen LogP contribution in [0.3, 0.4) is 0 Å². The molecule has 0 unspecified atom stereocenters. The summed E-state index contributed by atoms with van der Waals surface area (Å²) in [4.78, 5) is 9.68. The Hall–Kier alpha value is -0.420. The molecule has 5 heteroatoms. The van der Waals surface area contributed by atoms with Gasteiger partial charge in [0, 0.05) is 0 Å². The van der Waals surface area contributed by atoms with E-state index in [0.29, 0.717) is 5.01 Å². The lowest BCUT2D eigenvalue weighted by Crippen LogP contribution is -2.34. The Morgan fingerprint density at radius 1 is 2.00 bits per heavy atom. The summed E-state index contributed by atoms with van der Waals surface area (Å²) in [6, 6.07) is 0. The van der Waals surface area contributed by atoms with Crippen LogP contribution in [0.25, 0.3) is 0 Å². The van der Waals surface area contributed by atoms with Crippen LogP contribution in [0.4, 0.5) is 4.79 Å². The van der Waals surface area contributed by atoms with Crippen molar-refractivity contribution in [1.29, 1.82) is 0 Å². The first-order valence-electron chi connectivity index (χ1n) is 1.54. The highest BCUT2D eigenvalue weighted by molar-refractivity contribution is 7.80. The van der Waals surface area contributed by atoms with Gasteiger partial charge in [-0.15, -0.1) is 0 Å². The van der Waals surface area contributed by atoms with Gasteiger partial charge in [-0.3, -0.25) is 0 Å². The molecule has 3 N–H and O–H groups in total. The molecule has 0 saturated carbocycles. The minimum Gasteiger partial charge on any atom is -0.464 e. The van der Waals surface area contributed by atoms with E-state index >= 15 is 0 Å². The number of hydrogen-bond acceptors (Lipinski definition) is 3. The van der Waals surface area contributed by atoms with E-state index in [4.69, 9.17) is 10.9 Å². The number of rotatable bonds is 1. The van der Waals surface area contributed by atoms with Gasteiger partial charge in [-0.25, -0.2) is 15.6 Å². The minimum atomic E-state index is -1.17. The van der Waals surface area contributed by atoms with Crippen LogP contribution in [0.2, 0.25) is 0 Å². The van der Waals surface area contributed by atoms with Crippen molar-refractivity contribution in [1.82, 2.24) is 5.01 Å². The van der Waals surface area contributed by atoms with E-state index in [2.05, 4.69) is 12.6 Å². The Labute approximate surface area is 46.3 Å². The summed E-state index contributed by atoms with van der Waals surface area (Å²) in [7, 11) is 0. The van der Waals surface area contributed by atoms with E-state index in [-0.39, 0.29) is 5.88 Å². The molecule has 0 heterocycles. The van der Waals surface area contributed by atoms with Crippen molar-refractivity contribution in [3.05, 3.63) is 0 Å². The number of carbonyl (C=O) groups is 1. The molecule has 0 radical (unpaired) electrons. The van der Waals surface area contributed by atoms with Crippen LogP contribution in [-0.2, 0) is 0 Å². The number of carboxylic acid groups (broad SMARTS) is 1. The number of nitrogens with two attached hydrogens (primary N) is 1. The van der Waals surface area contributed by atoms with Gasteiger partial charge in [0.2, 0.25) is 0 Å². The zero-order chi connectivity index (χ0) is 5.86. The molecule has 0 spiro atoms. The molecule has 1 amide bonds. The van der Waals surface area contributed by atoms with E-state index in [1.54, 1.807) is 0 Å². The van der Waals surface area contributed by atoms with Crippen molar-refractivity contribution in [3.63, 3.8) is 0 Å². The van der Waals surface area contributed by atoms with Crippen molar-refractivity contribution in [2.75, 3.05) is 5.88 Å². The van der Waals surface area contributed by atoms with Crippen molar-refractivity contribution in [3.8, 4) is 0 Å². The highest BCUT2D eigenvalue weighted by atomic mass is 32.1. The molecule has 0 aliphatic rings. The largest absolute Gasteiger partial charge is 0.464 e. The molecule has 42 valence electrons. The molecule has 0 atom stereocenters. The van der Waals surface area contributed by atoms with Crippen LogP contribution in [0, 0.1) is 0 Å². The first-order valence-corrected chi connectivity index (χ1v) is 2.17. The summed E-state index contributed by atoms with van der Waals surface area (Å²) in [5, 5.41) is 8.51. The second-order valence-electron chi connectivity index (χ2n) is 0.894. The molecule has 0 aromatic rings. The number of hydrazine groups is 1. The van der Waals surface area contributed by atoms with Crippen LogP contribution in [0.1, 0.15) is 0 Å². The van der Waals surface area contributed by atoms with Gasteiger partial charge >= 0.3 is 6.09 Å². The van der Waals surface area contributed by atoms with Crippen molar-refractivity contribution < 1.29 is 9.90 Å². The van der Waals surface area contributed by atoms with Crippen molar-refractivity contribution >= 4 is 18.7 Å². The van der Waals surface area contributed by atoms with Gasteiger partial charge in [-0.1, -0.05) is 0 Å². The number of hydrogen-bond donors (Lipinski definition) is 3. The molecule has 0 rings (SSSR count). The molecule has 0 aromatic heterocycles. The van der Waals surface area contributed by atoms with Gasteiger partial charge < -0.3 is 5.11 Å². The summed E-state index contributed by atoms with van der Waals surface area (Å²) in [5.74, 6) is 4.80. The molecule has 7 heavy (non-hydrogen) atoms. The molecule has 4 nitrogen and oxygen atoms in total. The smallest absolute Gasteiger partial charge is 0.422 e. The van der Waals surface area contributed by atoms with Crippen molar-refractivity contribution in [2.45, 2.75) is 0 Å². The fourth-order valence-corrected chi connectivity index (χ4v) is 0.181. The van der Waals surface area contributed by atoms with E-state index in [0.717, 1.165) is 0 Å². The van der Waals surface area contributed by atoms with E-state index < -0.39 is 6.09 Å². The average molecular weight is 122 g/mol. The molecule has 0 saturated heterocycles. The lowest BCUT2D eigenvalue weighted by atomic mass is 11.1. The predicted octanol–water partition coefficient (Wildman–Crippen LogP) is -0.273. The third-order valence-corrected chi connectivity index (χ3v) is 0.703. The first-order chi connectivity index (χ1) is 3.18. The van der Waals surface area contributed by atoms with Crippen LogP contribution in [0.5, 0.6) is 0 Å². The quantitative estimate of drug-likeness (QED) is 0.147. The van der Waals surface area contributed by atoms with E-state index in [1.807, 2.05) is 0 Å². The van der Waals surface area contributed by atoms with Gasteiger partial charge in [-0.05, 0) is 0 Å². The van der Waals surface area contributed by atoms with E-state index in [9.17, 15) is 4.79 Å². The highest BCUT2D eigenvalue weighted by Crippen LogP contribution is 1.79. The minimum absolute atomic E-state index is 0.0231. The average Bonchev–Trinajstić information content (AvgIpc) is 1.65. The fourth-order valence-electron chi connectivity index (χ4n) is 0.0605. The highest BCUT2D eigenvalue weighted by Gasteiger charge is 1.99. The molecule has 0 fully saturated rings. The summed E-state index contributed by atoms with van der Waals surface area (Å²) < 4.78 is 0. The Morgan fingerprint density at radius 3 is 2.43 bits per heavy atom. The Morgan fingerprint density at radius 2 is 2.43 bits per heavy atom. The van der Waals surface area contributed by atoms with Crippen molar-refractivity contribution in [2.24, 2.45) is 5.84 Å². The van der Waals surface area contributed by atoms with Crippen LogP contribution >= 0.6 is 12.6 Å². The third kappa shape index (κ3) is 2.30. The maximum atomic E-state index is 9.68. The number of nitrogens with zero attached hydrogens (tertiary/aromatic N) is 1. The SMILES string of the molecule is NN(CS)C(=O)O. The summed E-state index contributed by atoms with van der Waals surface area (Å²) in [6.07, 6.45) is -1.17. The van der Waals surface area contributed by atoms with E-state index in [1.165, 1.54) is 0 Å². The predicted molar refractivity (Wildman–Crippen MR) is 27.9 cm³/mol. The van der Waals surface area contributed by atoms with Crippen LogP contribution < -0.4 is 5.84 Å². The normalized spacial score (nSPS) is 8.29. The van der Waals surface area contributed by atoms with Gasteiger partial charge in [0.1, 0.15) is 0 Å². The Balaban J connectivity index is 3.34. The standard InChI is InChI=1S/C2H6N2O2S/c3-4(1-7)2(5)6/h7H,1,3H2,(H,5,6). The Kier molecular flexibility index (Phi) is 2.54. The number of thiol groups is 1.